The summed E-state index contributed by atoms with van der Waals surface area (Å²) in [5.41, 5.74) is 0.590. The second-order valence-corrected chi connectivity index (χ2v) is 14.6. The van der Waals surface area contributed by atoms with Gasteiger partial charge in [0, 0.05) is 26.9 Å². The summed E-state index contributed by atoms with van der Waals surface area (Å²) in [4.78, 5) is 23.9. The third-order valence-corrected chi connectivity index (χ3v) is 9.37. The molecule has 0 spiro atoms. The number of unbranched alkanes of at least 4 members (excludes halogenated alkanes) is 3. The van der Waals surface area contributed by atoms with E-state index in [0.717, 1.165) is 12.8 Å². The maximum absolute atomic E-state index is 12.6. The van der Waals surface area contributed by atoms with Crippen LogP contribution >= 0.6 is 0 Å². The SMILES string of the molecule is [2H]C(CCCCCCC(=O)OC)COC1O[C@@H]2COC(c3ccccc3)O[C@H]2[C@H](O[C@@H]2O[C@H](COS(=O)(=O)O)[C@H](O)[C@H](OS(=O)(=O)O)[C@H]2O)[C@H]1NC(C)=O. The van der Waals surface area contributed by atoms with Gasteiger partial charge in [-0.05, 0) is 12.8 Å². The van der Waals surface area contributed by atoms with Gasteiger partial charge >= 0.3 is 26.8 Å². The van der Waals surface area contributed by atoms with Crippen molar-refractivity contribution in [1.82, 2.24) is 5.32 Å². The highest BCUT2D eigenvalue weighted by molar-refractivity contribution is 7.81. The molecule has 1 aromatic rings. The fourth-order valence-electron chi connectivity index (χ4n) is 6.02. The molecular weight excluding hydrogens is 754 g/mol. The van der Waals surface area contributed by atoms with Crippen molar-refractivity contribution in [3.63, 3.8) is 0 Å². The van der Waals surface area contributed by atoms with Crippen molar-refractivity contribution in [2.24, 2.45) is 0 Å². The lowest BCUT2D eigenvalue weighted by Gasteiger charge is -2.51. The Morgan fingerprint density at radius 2 is 1.62 bits per heavy atom. The predicted octanol–water partition coefficient (Wildman–Crippen LogP) is 0.0898. The maximum atomic E-state index is 12.6. The molecule has 12 atom stereocenters. The molecular formula is C31H47NO19S2. The molecule has 0 saturated carbocycles. The number of benzene rings is 1. The molecule has 5 N–H and O–H groups in total. The molecule has 3 aliphatic heterocycles. The van der Waals surface area contributed by atoms with Gasteiger partial charge in [0.25, 0.3) is 0 Å². The minimum atomic E-state index is -5.35. The number of hydrogen-bond donors (Lipinski definition) is 5. The van der Waals surface area contributed by atoms with Crippen LogP contribution in [0.2, 0.25) is 0 Å². The molecule has 0 aromatic heterocycles. The van der Waals surface area contributed by atoms with Crippen LogP contribution < -0.4 is 5.32 Å². The summed E-state index contributed by atoms with van der Waals surface area (Å²) in [6.07, 6.45) is -13.5. The average Bonchev–Trinajstić information content (AvgIpc) is 3.11. The van der Waals surface area contributed by atoms with E-state index in [0.29, 0.717) is 31.2 Å². The van der Waals surface area contributed by atoms with Crippen LogP contribution in [0, 0.1) is 0 Å². The molecule has 1 amide bonds. The van der Waals surface area contributed by atoms with Gasteiger partial charge in [-0.25, -0.2) is 8.37 Å². The fraction of sp³-hybridized carbons (Fsp3) is 0.742. The molecule has 302 valence electrons. The number of aliphatic hydroxyl groups excluding tert-OH is 2. The van der Waals surface area contributed by atoms with E-state index >= 15 is 0 Å². The van der Waals surface area contributed by atoms with E-state index in [2.05, 4.69) is 18.4 Å². The van der Waals surface area contributed by atoms with Crippen LogP contribution in [0.4, 0.5) is 0 Å². The minimum absolute atomic E-state index is 0.112. The van der Waals surface area contributed by atoms with E-state index in [1.165, 1.54) is 14.0 Å². The first-order valence-corrected chi connectivity index (χ1v) is 19.5. The van der Waals surface area contributed by atoms with Crippen molar-refractivity contribution >= 4 is 32.7 Å². The van der Waals surface area contributed by atoms with Crippen LogP contribution in [0.15, 0.2) is 30.3 Å². The molecule has 0 radical (unpaired) electrons. The average molecular weight is 803 g/mol. The van der Waals surface area contributed by atoms with Crippen molar-refractivity contribution in [2.45, 2.75) is 119 Å². The Morgan fingerprint density at radius 3 is 2.28 bits per heavy atom. The zero-order chi connectivity index (χ0) is 39.6. The maximum Gasteiger partial charge on any atom is 0.397 e. The topological polar surface area (TPSA) is 278 Å². The van der Waals surface area contributed by atoms with Crippen LogP contribution in [-0.4, -0.2) is 136 Å². The van der Waals surface area contributed by atoms with E-state index in [-0.39, 0.29) is 19.2 Å². The lowest BCUT2D eigenvalue weighted by Crippen LogP contribution is -2.69. The second kappa shape index (κ2) is 20.0. The summed E-state index contributed by atoms with van der Waals surface area (Å²) in [5.74, 6) is -0.894. The number of fused-ring (bicyclic) bond motifs is 1. The summed E-state index contributed by atoms with van der Waals surface area (Å²) in [6, 6.07) is 7.42. The van der Waals surface area contributed by atoms with E-state index < -0.39 is 107 Å². The largest absolute Gasteiger partial charge is 0.469 e. The van der Waals surface area contributed by atoms with Gasteiger partial charge in [-0.3, -0.25) is 18.7 Å². The van der Waals surface area contributed by atoms with Crippen LogP contribution in [-0.2, 0) is 71.9 Å². The molecule has 3 heterocycles. The lowest BCUT2D eigenvalue weighted by molar-refractivity contribution is -0.377. The minimum Gasteiger partial charge on any atom is -0.469 e. The summed E-state index contributed by atoms with van der Waals surface area (Å²) < 4.78 is 123. The number of methoxy groups -OCH3 is 1. The first kappa shape index (κ1) is 41.7. The van der Waals surface area contributed by atoms with Gasteiger partial charge in [0.2, 0.25) is 5.91 Å². The number of nitrogens with one attached hydrogen (secondary N) is 1. The summed E-state index contributed by atoms with van der Waals surface area (Å²) in [7, 11) is -9.14. The molecule has 22 heteroatoms. The first-order chi connectivity index (χ1) is 25.5. The summed E-state index contributed by atoms with van der Waals surface area (Å²) in [5, 5.41) is 24.6. The second-order valence-electron chi connectivity index (χ2n) is 12.4. The van der Waals surface area contributed by atoms with Crippen molar-refractivity contribution in [3.05, 3.63) is 35.9 Å². The Morgan fingerprint density at radius 1 is 0.925 bits per heavy atom. The van der Waals surface area contributed by atoms with Gasteiger partial charge in [-0.15, -0.1) is 0 Å². The highest BCUT2D eigenvalue weighted by Gasteiger charge is 2.55. The standard InChI is InChI=1S/C31H47NO19S2/c1-18(33)32-23-27(50-31-25(36)28(51-53(40,41)42)24(35)20(47-31)17-46-52(37,38)39)26-21(16-45-29(49-26)19-12-8-7-9-13-19)48-30(23)44-15-11-6-4-3-5-10-14-22(34)43-2/h7-9,12-13,20-21,23-31,35-36H,3-6,10-11,14-17H2,1-2H3,(H,32,33)(H,37,38,39)(H,40,41,42)/t20-,21-,23-,24+,25-,26-,27-,28+,29?,30?,31+/m1/s1/i11D/t11?,20-,21-,23-,24+,25-,26-,27-,28+,29?,30?,31+. The number of hydrogen-bond acceptors (Lipinski definition) is 17. The first-order valence-electron chi connectivity index (χ1n) is 17.3. The highest BCUT2D eigenvalue weighted by Crippen LogP contribution is 2.38. The van der Waals surface area contributed by atoms with Crippen molar-refractivity contribution in [3.8, 4) is 0 Å². The highest BCUT2D eigenvalue weighted by atomic mass is 32.3. The van der Waals surface area contributed by atoms with E-state index in [1.807, 2.05) is 0 Å². The Labute approximate surface area is 308 Å². The van der Waals surface area contributed by atoms with Crippen molar-refractivity contribution < 1.29 is 88.6 Å². The van der Waals surface area contributed by atoms with Gasteiger partial charge in [0.05, 0.1) is 20.3 Å². The van der Waals surface area contributed by atoms with Crippen molar-refractivity contribution in [1.29, 1.82) is 0 Å². The smallest absolute Gasteiger partial charge is 0.397 e. The third kappa shape index (κ3) is 13.4. The molecule has 1 aromatic carbocycles. The quantitative estimate of drug-likeness (QED) is 0.0704. The Kier molecular flexibility index (Phi) is 15.7. The number of carbonyl (C=O) groups is 2. The van der Waals surface area contributed by atoms with E-state index in [1.54, 1.807) is 30.3 Å². The van der Waals surface area contributed by atoms with Crippen LogP contribution in [0.25, 0.3) is 0 Å². The molecule has 4 rings (SSSR count). The van der Waals surface area contributed by atoms with Gasteiger partial charge in [-0.2, -0.15) is 16.8 Å². The Bertz CT molecular complexity index is 1570. The molecule has 20 nitrogen and oxygen atoms in total. The van der Waals surface area contributed by atoms with Crippen LogP contribution in [0.5, 0.6) is 0 Å². The number of amides is 1. The molecule has 3 unspecified atom stereocenters. The molecule has 0 bridgehead atoms. The monoisotopic (exact) mass is 802 g/mol. The molecule has 0 aliphatic carbocycles. The summed E-state index contributed by atoms with van der Waals surface area (Å²) in [6.45, 7) is -0.227. The normalized spacial score (nSPS) is 32.9. The molecule has 3 saturated heterocycles. The number of esters is 1. The fourth-order valence-corrected chi connectivity index (χ4v) is 6.83. The number of carbonyl (C=O) groups excluding carboxylic acids is 2. The summed E-state index contributed by atoms with van der Waals surface area (Å²) >= 11 is 0. The third-order valence-electron chi connectivity index (χ3n) is 8.47. The zero-order valence-corrected chi connectivity index (χ0v) is 30.5. The molecule has 3 fully saturated rings. The molecule has 53 heavy (non-hydrogen) atoms. The number of aliphatic hydroxyl groups is 2. The van der Waals surface area contributed by atoms with Gasteiger partial charge in [0.1, 0.15) is 48.8 Å². The van der Waals surface area contributed by atoms with Gasteiger partial charge in [0.15, 0.2) is 18.9 Å². The van der Waals surface area contributed by atoms with Gasteiger partial charge in [-0.1, -0.05) is 56.0 Å². The number of rotatable bonds is 19. The Balaban J connectivity index is 1.58. The lowest BCUT2D eigenvalue weighted by atomic mass is 9.94. The van der Waals surface area contributed by atoms with Crippen LogP contribution in [0.3, 0.4) is 0 Å². The van der Waals surface area contributed by atoms with Gasteiger partial charge < -0.3 is 48.7 Å². The van der Waals surface area contributed by atoms with Crippen molar-refractivity contribution in [2.75, 3.05) is 26.9 Å². The van der Waals surface area contributed by atoms with E-state index in [9.17, 15) is 41.2 Å². The number of ether oxygens (including phenoxy) is 7. The van der Waals surface area contributed by atoms with Crippen LogP contribution in [0.1, 0.15) is 65.1 Å². The Hall–Kier alpha value is -2.42. The zero-order valence-electron chi connectivity index (χ0n) is 29.9. The van der Waals surface area contributed by atoms with E-state index in [4.69, 9.17) is 34.3 Å². The predicted molar refractivity (Wildman–Crippen MR) is 176 cm³/mol. The molecule has 3 aliphatic rings.